The van der Waals surface area contributed by atoms with Gasteiger partial charge in [-0.05, 0) is 79.1 Å². The Morgan fingerprint density at radius 1 is 0.974 bits per heavy atom. The first kappa shape index (κ1) is 26.7. The van der Waals surface area contributed by atoms with Gasteiger partial charge in [0.25, 0.3) is 5.91 Å². The lowest BCUT2D eigenvalue weighted by Crippen LogP contribution is -2.52. The fraction of sp³-hybridized carbons (Fsp3) is 0.333. The van der Waals surface area contributed by atoms with Crippen LogP contribution in [0.1, 0.15) is 64.7 Å². The monoisotopic (exact) mass is 554 g/mol. The Morgan fingerprint density at radius 2 is 1.68 bits per heavy atom. The number of nitrogens with one attached hydrogen (secondary N) is 1. The molecule has 0 radical (unpaired) electrons. The van der Waals surface area contributed by atoms with Crippen molar-refractivity contribution in [3.05, 3.63) is 105 Å². The molecule has 0 saturated heterocycles. The maximum atomic E-state index is 14.0. The van der Waals surface area contributed by atoms with E-state index in [2.05, 4.69) is 5.32 Å². The van der Waals surface area contributed by atoms with Crippen molar-refractivity contribution in [3.8, 4) is 0 Å². The van der Waals surface area contributed by atoms with Gasteiger partial charge in [0.2, 0.25) is 5.91 Å². The fourth-order valence-corrected chi connectivity index (χ4v) is 6.26. The molecule has 1 heterocycles. The Balaban J connectivity index is 1.53. The quantitative estimate of drug-likeness (QED) is 0.388. The SMILES string of the molecule is O=C(NCCc1ccc(F)cc1)[C@@H]1c2ccccc2C(=O)N([C@H]2CC[C@H](O)CC2)[C@H]1c1ccc(Cl)cc1Cl. The molecule has 0 bridgehead atoms. The molecule has 1 saturated carbocycles. The van der Waals surface area contributed by atoms with Crippen molar-refractivity contribution in [3.63, 3.8) is 0 Å². The van der Waals surface area contributed by atoms with Crippen molar-refractivity contribution in [2.75, 3.05) is 6.54 Å². The zero-order valence-electron chi connectivity index (χ0n) is 20.7. The molecule has 3 aromatic carbocycles. The molecule has 198 valence electrons. The third-order valence-corrected chi connectivity index (χ3v) is 8.19. The smallest absolute Gasteiger partial charge is 0.254 e. The van der Waals surface area contributed by atoms with Crippen LogP contribution in [0.15, 0.2) is 66.7 Å². The first-order valence-corrected chi connectivity index (χ1v) is 13.7. The Kier molecular flexibility index (Phi) is 8.03. The van der Waals surface area contributed by atoms with E-state index in [1.165, 1.54) is 12.1 Å². The Bertz CT molecular complexity index is 1330. The van der Waals surface area contributed by atoms with Gasteiger partial charge in [0.1, 0.15) is 5.82 Å². The summed E-state index contributed by atoms with van der Waals surface area (Å²) >= 11 is 12.9. The van der Waals surface area contributed by atoms with E-state index in [0.717, 1.165) is 5.56 Å². The molecule has 38 heavy (non-hydrogen) atoms. The molecule has 1 fully saturated rings. The summed E-state index contributed by atoms with van der Waals surface area (Å²) in [7, 11) is 0. The van der Waals surface area contributed by atoms with Crippen LogP contribution >= 0.6 is 23.2 Å². The van der Waals surface area contributed by atoms with E-state index in [4.69, 9.17) is 23.2 Å². The summed E-state index contributed by atoms with van der Waals surface area (Å²) in [6, 6.07) is 17.8. The topological polar surface area (TPSA) is 69.6 Å². The lowest BCUT2D eigenvalue weighted by atomic mass is 9.77. The highest BCUT2D eigenvalue weighted by Gasteiger charge is 2.47. The van der Waals surface area contributed by atoms with E-state index in [1.54, 1.807) is 42.5 Å². The first-order chi connectivity index (χ1) is 18.3. The fourth-order valence-electron chi connectivity index (χ4n) is 5.73. The van der Waals surface area contributed by atoms with E-state index in [0.29, 0.717) is 65.4 Å². The van der Waals surface area contributed by atoms with Gasteiger partial charge in [0.15, 0.2) is 0 Å². The second-order valence-electron chi connectivity index (χ2n) is 10.0. The molecule has 3 aromatic rings. The van der Waals surface area contributed by atoms with Crippen LogP contribution in [0.25, 0.3) is 0 Å². The molecule has 2 aliphatic rings. The number of benzene rings is 3. The zero-order valence-corrected chi connectivity index (χ0v) is 22.3. The maximum Gasteiger partial charge on any atom is 0.254 e. The van der Waals surface area contributed by atoms with Crippen LogP contribution in [0.3, 0.4) is 0 Å². The summed E-state index contributed by atoms with van der Waals surface area (Å²) in [5.41, 5.74) is 2.72. The lowest BCUT2D eigenvalue weighted by molar-refractivity contribution is -0.124. The van der Waals surface area contributed by atoms with E-state index in [9.17, 15) is 19.1 Å². The molecular formula is C30H29Cl2FN2O3. The minimum Gasteiger partial charge on any atom is -0.393 e. The number of hydrogen-bond acceptors (Lipinski definition) is 3. The molecule has 5 rings (SSSR count). The van der Waals surface area contributed by atoms with Crippen molar-refractivity contribution in [2.24, 2.45) is 0 Å². The van der Waals surface area contributed by atoms with E-state index in [-0.39, 0.29) is 29.8 Å². The van der Waals surface area contributed by atoms with Gasteiger partial charge in [-0.15, -0.1) is 0 Å². The summed E-state index contributed by atoms with van der Waals surface area (Å²) in [5.74, 6) is -1.38. The van der Waals surface area contributed by atoms with Gasteiger partial charge in [-0.2, -0.15) is 0 Å². The van der Waals surface area contributed by atoms with Crippen molar-refractivity contribution in [1.29, 1.82) is 0 Å². The van der Waals surface area contributed by atoms with Crippen molar-refractivity contribution in [1.82, 2.24) is 10.2 Å². The molecule has 0 aromatic heterocycles. The summed E-state index contributed by atoms with van der Waals surface area (Å²) in [6.07, 6.45) is 2.60. The van der Waals surface area contributed by atoms with E-state index >= 15 is 0 Å². The van der Waals surface area contributed by atoms with Crippen LogP contribution in [0.2, 0.25) is 10.0 Å². The molecule has 5 nitrogen and oxygen atoms in total. The minimum atomic E-state index is -0.706. The zero-order chi connectivity index (χ0) is 26.8. The molecule has 2 atom stereocenters. The van der Waals surface area contributed by atoms with Gasteiger partial charge in [0, 0.05) is 28.2 Å². The van der Waals surface area contributed by atoms with Gasteiger partial charge in [-0.25, -0.2) is 4.39 Å². The van der Waals surface area contributed by atoms with Crippen LogP contribution in [0, 0.1) is 5.82 Å². The number of halogens is 3. The summed E-state index contributed by atoms with van der Waals surface area (Å²) in [6.45, 7) is 0.355. The molecule has 2 N–H and O–H groups in total. The van der Waals surface area contributed by atoms with Gasteiger partial charge in [-0.3, -0.25) is 9.59 Å². The Labute approximate surface area is 231 Å². The average Bonchev–Trinajstić information content (AvgIpc) is 2.90. The minimum absolute atomic E-state index is 0.145. The molecular weight excluding hydrogens is 526 g/mol. The van der Waals surface area contributed by atoms with Gasteiger partial charge < -0.3 is 15.3 Å². The Morgan fingerprint density at radius 3 is 2.39 bits per heavy atom. The predicted molar refractivity (Wildman–Crippen MR) is 146 cm³/mol. The maximum absolute atomic E-state index is 14.0. The highest BCUT2D eigenvalue weighted by molar-refractivity contribution is 6.35. The Hall–Kier alpha value is -2.93. The van der Waals surface area contributed by atoms with Gasteiger partial charge in [-0.1, -0.05) is 59.6 Å². The normalized spacial score (nSPS) is 23.2. The van der Waals surface area contributed by atoms with Crippen LogP contribution in [0.5, 0.6) is 0 Å². The van der Waals surface area contributed by atoms with Crippen LogP contribution < -0.4 is 5.32 Å². The van der Waals surface area contributed by atoms with Crippen LogP contribution in [-0.4, -0.2) is 40.5 Å². The number of rotatable bonds is 6. The average molecular weight is 555 g/mol. The largest absolute Gasteiger partial charge is 0.393 e. The lowest BCUT2D eigenvalue weighted by Gasteiger charge is -2.47. The highest BCUT2D eigenvalue weighted by atomic mass is 35.5. The van der Waals surface area contributed by atoms with Crippen molar-refractivity contribution >= 4 is 35.0 Å². The van der Waals surface area contributed by atoms with Gasteiger partial charge >= 0.3 is 0 Å². The summed E-state index contributed by atoms with van der Waals surface area (Å²) in [4.78, 5) is 29.7. The third-order valence-electron chi connectivity index (χ3n) is 7.63. The number of aliphatic hydroxyl groups is 1. The molecule has 8 heteroatoms. The van der Waals surface area contributed by atoms with Crippen LogP contribution in [-0.2, 0) is 11.2 Å². The first-order valence-electron chi connectivity index (χ1n) is 12.9. The van der Waals surface area contributed by atoms with Crippen LogP contribution in [0.4, 0.5) is 4.39 Å². The summed E-state index contributed by atoms with van der Waals surface area (Å²) < 4.78 is 13.3. The second-order valence-corrected chi connectivity index (χ2v) is 10.9. The molecule has 0 spiro atoms. The number of aliphatic hydroxyl groups excluding tert-OH is 1. The summed E-state index contributed by atoms with van der Waals surface area (Å²) in [5, 5.41) is 14.0. The third kappa shape index (κ3) is 5.44. The molecule has 0 unspecified atom stereocenters. The second kappa shape index (κ2) is 11.4. The molecule has 2 amide bonds. The number of carbonyl (C=O) groups is 2. The van der Waals surface area contributed by atoms with Crippen molar-refractivity contribution < 1.29 is 19.1 Å². The van der Waals surface area contributed by atoms with E-state index in [1.807, 2.05) is 17.0 Å². The van der Waals surface area contributed by atoms with Crippen molar-refractivity contribution in [2.45, 2.75) is 56.2 Å². The number of amides is 2. The number of fused-ring (bicyclic) bond motifs is 1. The number of carbonyl (C=O) groups excluding carboxylic acids is 2. The predicted octanol–water partition coefficient (Wildman–Crippen LogP) is 6.08. The standard InChI is InChI=1S/C30H29Cl2FN2O3/c31-19-7-14-25(26(32)17-19)28-27(29(37)34-16-15-18-5-8-20(33)9-6-18)23-3-1-2-4-24(23)30(38)35(28)21-10-12-22(36)13-11-21/h1-9,14,17,21-22,27-28,36H,10-13,15-16H2,(H,34,37)/t21-,22-,27-,28+/m1/s1. The number of hydrogen-bond donors (Lipinski definition) is 2. The van der Waals surface area contributed by atoms with Gasteiger partial charge in [0.05, 0.1) is 18.1 Å². The number of nitrogens with zero attached hydrogens (tertiary/aromatic N) is 1. The molecule has 1 aliphatic heterocycles. The highest BCUT2D eigenvalue weighted by Crippen LogP contribution is 2.47. The molecule has 1 aliphatic carbocycles. The van der Waals surface area contributed by atoms with E-state index < -0.39 is 12.0 Å².